The second-order valence-electron chi connectivity index (χ2n) is 5.92. The number of rotatable bonds is 7. The Morgan fingerprint density at radius 2 is 1.79 bits per heavy atom. The van der Waals surface area contributed by atoms with Crippen LogP contribution < -0.4 is 14.2 Å². The number of halogens is 1. The quantitative estimate of drug-likeness (QED) is 0.473. The fraction of sp³-hybridized carbons (Fsp3) is 0.211. The Kier molecular flexibility index (Phi) is 5.07. The van der Waals surface area contributed by atoms with Gasteiger partial charge < -0.3 is 14.2 Å². The number of aromatic nitrogens is 4. The van der Waals surface area contributed by atoms with Crippen molar-refractivity contribution in [2.75, 3.05) is 14.2 Å². The van der Waals surface area contributed by atoms with Crippen molar-refractivity contribution in [2.45, 2.75) is 13.0 Å². The molecule has 0 saturated carbocycles. The smallest absolute Gasteiger partial charge is 0.234 e. The van der Waals surface area contributed by atoms with Crippen LogP contribution in [0, 0.1) is 5.82 Å². The van der Waals surface area contributed by atoms with E-state index in [1.807, 2.05) is 18.2 Å². The molecule has 28 heavy (non-hydrogen) atoms. The highest BCUT2D eigenvalue weighted by molar-refractivity contribution is 7.16. The summed E-state index contributed by atoms with van der Waals surface area (Å²) in [6.45, 7) is 0.187. The number of benzene rings is 2. The zero-order valence-electron chi connectivity index (χ0n) is 15.3. The molecule has 0 saturated heterocycles. The Morgan fingerprint density at radius 3 is 2.54 bits per heavy atom. The molecule has 0 fully saturated rings. The Balaban J connectivity index is 1.50. The summed E-state index contributed by atoms with van der Waals surface area (Å²) < 4.78 is 30.9. The minimum atomic E-state index is -0.309. The van der Waals surface area contributed by atoms with Crippen molar-refractivity contribution in [3.8, 4) is 17.2 Å². The van der Waals surface area contributed by atoms with Gasteiger partial charge in [-0.1, -0.05) is 17.4 Å². The fourth-order valence-electron chi connectivity index (χ4n) is 2.70. The molecule has 144 valence electrons. The number of methoxy groups -OCH3 is 2. The van der Waals surface area contributed by atoms with Crippen LogP contribution in [0.1, 0.15) is 16.4 Å². The third kappa shape index (κ3) is 3.74. The fourth-order valence-corrected chi connectivity index (χ4v) is 3.59. The highest BCUT2D eigenvalue weighted by Gasteiger charge is 2.14. The molecular weight excluding hydrogens is 383 g/mol. The van der Waals surface area contributed by atoms with E-state index in [2.05, 4.69) is 15.3 Å². The molecule has 0 radical (unpaired) electrons. The summed E-state index contributed by atoms with van der Waals surface area (Å²) in [5, 5.41) is 13.7. The van der Waals surface area contributed by atoms with E-state index in [0.717, 1.165) is 10.6 Å². The molecule has 0 aliphatic carbocycles. The van der Waals surface area contributed by atoms with Gasteiger partial charge in [0.15, 0.2) is 17.3 Å². The average Bonchev–Trinajstić information content (AvgIpc) is 3.28. The normalized spacial score (nSPS) is 11.0. The summed E-state index contributed by atoms with van der Waals surface area (Å²) in [5.74, 6) is 2.19. The Bertz CT molecular complexity index is 1090. The van der Waals surface area contributed by atoms with Crippen LogP contribution in [-0.4, -0.2) is 34.0 Å². The molecule has 0 atom stereocenters. The van der Waals surface area contributed by atoms with Gasteiger partial charge in [-0.05, 0) is 42.0 Å². The largest absolute Gasteiger partial charge is 0.493 e. The number of hydrogen-bond acceptors (Lipinski definition) is 7. The molecule has 2 heterocycles. The lowest BCUT2D eigenvalue weighted by molar-refractivity contribution is 0.292. The molecule has 2 aromatic heterocycles. The summed E-state index contributed by atoms with van der Waals surface area (Å²) in [6.07, 6.45) is 0.632. The van der Waals surface area contributed by atoms with Crippen LogP contribution >= 0.6 is 11.3 Å². The van der Waals surface area contributed by atoms with Crippen molar-refractivity contribution in [3.63, 3.8) is 0 Å². The van der Waals surface area contributed by atoms with Gasteiger partial charge in [-0.2, -0.15) is 9.61 Å². The third-order valence-corrected chi connectivity index (χ3v) is 4.98. The molecule has 0 aliphatic rings. The molecule has 4 aromatic rings. The zero-order chi connectivity index (χ0) is 19.5. The van der Waals surface area contributed by atoms with Crippen LogP contribution in [-0.2, 0) is 13.0 Å². The van der Waals surface area contributed by atoms with Gasteiger partial charge in [0.25, 0.3) is 0 Å². The first-order chi connectivity index (χ1) is 13.7. The highest BCUT2D eigenvalue weighted by Crippen LogP contribution is 2.29. The summed E-state index contributed by atoms with van der Waals surface area (Å²) in [6, 6.07) is 11.6. The minimum Gasteiger partial charge on any atom is -0.493 e. The first-order valence-electron chi connectivity index (χ1n) is 8.45. The molecule has 0 unspecified atom stereocenters. The lowest BCUT2D eigenvalue weighted by Gasteiger charge is -2.08. The first-order valence-corrected chi connectivity index (χ1v) is 9.27. The van der Waals surface area contributed by atoms with Crippen molar-refractivity contribution in [2.24, 2.45) is 0 Å². The van der Waals surface area contributed by atoms with Crippen LogP contribution in [0.5, 0.6) is 17.2 Å². The number of ether oxygens (including phenoxy) is 3. The maximum absolute atomic E-state index is 13.0. The van der Waals surface area contributed by atoms with E-state index >= 15 is 0 Å². The molecule has 0 bridgehead atoms. The predicted molar refractivity (Wildman–Crippen MR) is 102 cm³/mol. The van der Waals surface area contributed by atoms with Crippen molar-refractivity contribution < 1.29 is 18.6 Å². The molecule has 0 amide bonds. The summed E-state index contributed by atoms with van der Waals surface area (Å²) >= 11 is 1.46. The van der Waals surface area contributed by atoms with Crippen LogP contribution in [0.4, 0.5) is 4.39 Å². The Hall–Kier alpha value is -3.20. The van der Waals surface area contributed by atoms with E-state index in [4.69, 9.17) is 14.2 Å². The second kappa shape index (κ2) is 7.81. The minimum absolute atomic E-state index is 0.187. The lowest BCUT2D eigenvalue weighted by atomic mass is 10.1. The van der Waals surface area contributed by atoms with E-state index in [9.17, 15) is 4.39 Å². The van der Waals surface area contributed by atoms with Gasteiger partial charge in [-0.15, -0.1) is 10.2 Å². The van der Waals surface area contributed by atoms with Crippen molar-refractivity contribution in [1.29, 1.82) is 0 Å². The number of fused-ring (bicyclic) bond motifs is 1. The maximum atomic E-state index is 13.0. The maximum Gasteiger partial charge on any atom is 0.234 e. The Morgan fingerprint density at radius 1 is 1.00 bits per heavy atom. The van der Waals surface area contributed by atoms with Crippen molar-refractivity contribution >= 4 is 16.3 Å². The molecule has 0 N–H and O–H groups in total. The van der Waals surface area contributed by atoms with Crippen molar-refractivity contribution in [3.05, 3.63) is 64.7 Å². The van der Waals surface area contributed by atoms with Crippen molar-refractivity contribution in [1.82, 2.24) is 19.8 Å². The van der Waals surface area contributed by atoms with E-state index in [-0.39, 0.29) is 12.4 Å². The van der Waals surface area contributed by atoms with E-state index in [1.165, 1.54) is 23.5 Å². The summed E-state index contributed by atoms with van der Waals surface area (Å²) in [7, 11) is 3.22. The number of hydrogen-bond donors (Lipinski definition) is 0. The topological polar surface area (TPSA) is 70.8 Å². The van der Waals surface area contributed by atoms with Gasteiger partial charge in [0.05, 0.1) is 14.2 Å². The van der Waals surface area contributed by atoms with Crippen LogP contribution in [0.2, 0.25) is 0 Å². The van der Waals surface area contributed by atoms with Gasteiger partial charge in [0.2, 0.25) is 4.96 Å². The lowest BCUT2D eigenvalue weighted by Crippen LogP contribution is -2.03. The van der Waals surface area contributed by atoms with Gasteiger partial charge in [-0.25, -0.2) is 4.39 Å². The molecule has 4 rings (SSSR count). The third-order valence-electron chi connectivity index (χ3n) is 4.08. The standard InChI is InChI=1S/C19H17FN4O3S/c1-25-15-8-3-12(9-16(15)26-2)10-18-23-24-17(21-22-19(24)28-18)11-27-14-6-4-13(20)5-7-14/h3-9H,10-11H2,1-2H3. The average molecular weight is 400 g/mol. The Labute approximate surface area is 164 Å². The van der Waals surface area contributed by atoms with Gasteiger partial charge >= 0.3 is 0 Å². The summed E-state index contributed by atoms with van der Waals surface area (Å²) in [4.78, 5) is 0.688. The van der Waals surface area contributed by atoms with Gasteiger partial charge in [0, 0.05) is 6.42 Å². The SMILES string of the molecule is COc1ccc(Cc2nn3c(COc4ccc(F)cc4)nnc3s2)cc1OC. The van der Waals surface area contributed by atoms with Crippen LogP contribution in [0.3, 0.4) is 0 Å². The van der Waals surface area contributed by atoms with E-state index in [1.54, 1.807) is 30.9 Å². The molecule has 2 aromatic carbocycles. The van der Waals surface area contributed by atoms with Crippen LogP contribution in [0.25, 0.3) is 4.96 Å². The highest BCUT2D eigenvalue weighted by atomic mass is 32.1. The molecule has 7 nitrogen and oxygen atoms in total. The van der Waals surface area contributed by atoms with Gasteiger partial charge in [-0.3, -0.25) is 0 Å². The summed E-state index contributed by atoms with van der Waals surface area (Å²) in [5.41, 5.74) is 1.05. The van der Waals surface area contributed by atoms with Gasteiger partial charge in [0.1, 0.15) is 23.2 Å². The monoisotopic (exact) mass is 400 g/mol. The first kappa shape index (κ1) is 18.2. The predicted octanol–water partition coefficient (Wildman–Crippen LogP) is 3.51. The molecule has 9 heteroatoms. The molecule has 0 spiro atoms. The second-order valence-corrected chi connectivity index (χ2v) is 6.96. The number of nitrogens with zero attached hydrogens (tertiary/aromatic N) is 4. The molecular formula is C19H17FN4O3S. The van der Waals surface area contributed by atoms with Crippen LogP contribution in [0.15, 0.2) is 42.5 Å². The zero-order valence-corrected chi connectivity index (χ0v) is 16.1. The molecule has 0 aliphatic heterocycles. The van der Waals surface area contributed by atoms with E-state index < -0.39 is 0 Å². The van der Waals surface area contributed by atoms with E-state index in [0.29, 0.717) is 34.5 Å².